The first-order chi connectivity index (χ1) is 7.31. The summed E-state index contributed by atoms with van der Waals surface area (Å²) < 4.78 is 9.99. The van der Waals surface area contributed by atoms with E-state index in [2.05, 4.69) is 9.72 Å². The molecule has 1 fully saturated rings. The van der Waals surface area contributed by atoms with Crippen molar-refractivity contribution in [1.29, 1.82) is 0 Å². The van der Waals surface area contributed by atoms with Crippen LogP contribution in [0.1, 0.15) is 34.3 Å². The van der Waals surface area contributed by atoms with E-state index in [1.807, 2.05) is 0 Å². The molecule has 1 aromatic rings. The minimum atomic E-state index is -0.366. The Morgan fingerprint density at radius 3 is 3.27 bits per heavy atom. The van der Waals surface area contributed by atoms with Crippen molar-refractivity contribution < 1.29 is 14.3 Å². The number of carbonyl (C=O) groups is 1. The third-order valence-electron chi connectivity index (χ3n) is 2.43. The van der Waals surface area contributed by atoms with Crippen molar-refractivity contribution in [2.24, 2.45) is 0 Å². The third-order valence-corrected chi connectivity index (χ3v) is 3.43. The zero-order valence-corrected chi connectivity index (χ0v) is 9.38. The second kappa shape index (κ2) is 4.72. The minimum Gasteiger partial charge on any atom is -0.464 e. The molecule has 4 nitrogen and oxygen atoms in total. The monoisotopic (exact) mass is 227 g/mol. The Kier molecular flexibility index (Phi) is 3.33. The van der Waals surface area contributed by atoms with Crippen LogP contribution in [0.5, 0.6) is 0 Å². The molecule has 0 spiro atoms. The summed E-state index contributed by atoms with van der Waals surface area (Å²) in [4.78, 5) is 15.5. The molecule has 0 saturated carbocycles. The van der Waals surface area contributed by atoms with Crippen LogP contribution in [0, 0.1) is 0 Å². The summed E-state index contributed by atoms with van der Waals surface area (Å²) in [6.07, 6.45) is 2.16. The number of aromatic nitrogens is 1. The number of ether oxygens (including phenoxy) is 2. The van der Waals surface area contributed by atoms with Gasteiger partial charge in [0, 0.05) is 17.9 Å². The van der Waals surface area contributed by atoms with Crippen LogP contribution in [0.25, 0.3) is 0 Å². The lowest BCUT2D eigenvalue weighted by Gasteiger charge is -2.19. The molecule has 0 amide bonds. The summed E-state index contributed by atoms with van der Waals surface area (Å²) in [5.41, 5.74) is 0.406. The van der Waals surface area contributed by atoms with E-state index >= 15 is 0 Å². The Bertz CT molecular complexity index is 344. The van der Waals surface area contributed by atoms with Crippen molar-refractivity contribution >= 4 is 17.3 Å². The number of methoxy groups -OCH3 is 1. The molecule has 2 rings (SSSR count). The van der Waals surface area contributed by atoms with Crippen LogP contribution in [-0.4, -0.2) is 31.3 Å². The summed E-state index contributed by atoms with van der Waals surface area (Å²) in [5.74, 6) is -0.0172. The minimum absolute atomic E-state index is 0.349. The van der Waals surface area contributed by atoms with E-state index in [9.17, 15) is 4.79 Å². The molecule has 1 atom stereocenters. The van der Waals surface area contributed by atoms with Gasteiger partial charge < -0.3 is 9.47 Å². The largest absolute Gasteiger partial charge is 0.464 e. The topological polar surface area (TPSA) is 48.4 Å². The fraction of sp³-hybridized carbons (Fsp3) is 0.600. The number of rotatable bonds is 2. The number of carbonyl (C=O) groups excluding carboxylic acids is 1. The van der Waals surface area contributed by atoms with Gasteiger partial charge in [-0.2, -0.15) is 0 Å². The van der Waals surface area contributed by atoms with Crippen molar-refractivity contribution in [2.45, 2.75) is 18.8 Å². The van der Waals surface area contributed by atoms with E-state index in [0.717, 1.165) is 24.5 Å². The fourth-order valence-electron chi connectivity index (χ4n) is 1.61. The van der Waals surface area contributed by atoms with E-state index in [1.54, 1.807) is 5.38 Å². The van der Waals surface area contributed by atoms with Crippen molar-refractivity contribution in [3.8, 4) is 0 Å². The Morgan fingerprint density at radius 1 is 1.73 bits per heavy atom. The van der Waals surface area contributed by atoms with Gasteiger partial charge in [-0.05, 0) is 12.8 Å². The van der Waals surface area contributed by atoms with Gasteiger partial charge in [0.1, 0.15) is 0 Å². The van der Waals surface area contributed by atoms with Crippen LogP contribution < -0.4 is 0 Å². The van der Waals surface area contributed by atoms with Gasteiger partial charge in [0.15, 0.2) is 5.69 Å². The Balaban J connectivity index is 2.08. The molecule has 0 aromatic carbocycles. The van der Waals surface area contributed by atoms with Crippen LogP contribution >= 0.6 is 11.3 Å². The summed E-state index contributed by atoms with van der Waals surface area (Å²) in [6, 6.07) is 0. The molecule has 82 valence electrons. The van der Waals surface area contributed by atoms with Gasteiger partial charge in [-0.3, -0.25) is 0 Å². The van der Waals surface area contributed by atoms with Gasteiger partial charge in [0.2, 0.25) is 0 Å². The van der Waals surface area contributed by atoms with E-state index in [-0.39, 0.29) is 5.97 Å². The quantitative estimate of drug-likeness (QED) is 0.723. The first-order valence-corrected chi connectivity index (χ1v) is 5.80. The molecular formula is C10H13NO3S. The van der Waals surface area contributed by atoms with E-state index in [0.29, 0.717) is 18.2 Å². The van der Waals surface area contributed by atoms with Crippen LogP contribution in [0.15, 0.2) is 5.38 Å². The number of esters is 1. The van der Waals surface area contributed by atoms with Crippen LogP contribution in [0.3, 0.4) is 0 Å². The van der Waals surface area contributed by atoms with Crippen molar-refractivity contribution in [1.82, 2.24) is 4.98 Å². The molecule has 5 heteroatoms. The smallest absolute Gasteiger partial charge is 0.357 e. The number of hydrogen-bond donors (Lipinski definition) is 0. The molecule has 0 aliphatic carbocycles. The molecular weight excluding hydrogens is 214 g/mol. The van der Waals surface area contributed by atoms with E-state index in [4.69, 9.17) is 4.74 Å². The molecule has 15 heavy (non-hydrogen) atoms. The lowest BCUT2D eigenvalue weighted by molar-refractivity contribution is 0.0593. The van der Waals surface area contributed by atoms with Crippen molar-refractivity contribution in [3.05, 3.63) is 16.1 Å². The summed E-state index contributed by atoms with van der Waals surface area (Å²) in [6.45, 7) is 1.56. The van der Waals surface area contributed by atoms with Gasteiger partial charge in [-0.25, -0.2) is 9.78 Å². The lowest BCUT2D eigenvalue weighted by atomic mass is 10.0. The highest BCUT2D eigenvalue weighted by atomic mass is 32.1. The molecule has 1 saturated heterocycles. The van der Waals surface area contributed by atoms with E-state index in [1.165, 1.54) is 18.4 Å². The van der Waals surface area contributed by atoms with Crippen molar-refractivity contribution in [3.63, 3.8) is 0 Å². The maximum atomic E-state index is 11.2. The second-order valence-electron chi connectivity index (χ2n) is 3.48. The lowest BCUT2D eigenvalue weighted by Crippen LogP contribution is -2.15. The van der Waals surface area contributed by atoms with Gasteiger partial charge in [0.05, 0.1) is 18.7 Å². The van der Waals surface area contributed by atoms with Crippen LogP contribution in [0.4, 0.5) is 0 Å². The fourth-order valence-corrected chi connectivity index (χ4v) is 2.52. The molecule has 1 unspecified atom stereocenters. The van der Waals surface area contributed by atoms with Gasteiger partial charge in [-0.1, -0.05) is 0 Å². The predicted molar refractivity (Wildman–Crippen MR) is 56.2 cm³/mol. The highest BCUT2D eigenvalue weighted by Crippen LogP contribution is 2.27. The Labute approximate surface area is 92.2 Å². The Morgan fingerprint density at radius 2 is 2.60 bits per heavy atom. The maximum Gasteiger partial charge on any atom is 0.357 e. The predicted octanol–water partition coefficient (Wildman–Crippen LogP) is 1.82. The molecule has 0 N–H and O–H groups in total. The normalized spacial score (nSPS) is 21.3. The molecule has 1 aliphatic rings. The average molecular weight is 227 g/mol. The van der Waals surface area contributed by atoms with Crippen LogP contribution in [0.2, 0.25) is 0 Å². The molecule has 0 bridgehead atoms. The molecule has 2 heterocycles. The van der Waals surface area contributed by atoms with E-state index < -0.39 is 0 Å². The zero-order valence-electron chi connectivity index (χ0n) is 8.56. The second-order valence-corrected chi connectivity index (χ2v) is 4.37. The first kappa shape index (κ1) is 10.6. The zero-order chi connectivity index (χ0) is 10.7. The van der Waals surface area contributed by atoms with Gasteiger partial charge in [0.25, 0.3) is 0 Å². The van der Waals surface area contributed by atoms with Crippen molar-refractivity contribution in [2.75, 3.05) is 20.3 Å². The summed E-state index contributed by atoms with van der Waals surface area (Å²) in [7, 11) is 1.37. The summed E-state index contributed by atoms with van der Waals surface area (Å²) in [5, 5.41) is 2.73. The third kappa shape index (κ3) is 2.35. The highest BCUT2D eigenvalue weighted by Gasteiger charge is 2.20. The van der Waals surface area contributed by atoms with Crippen LogP contribution in [-0.2, 0) is 9.47 Å². The average Bonchev–Trinajstić information content (AvgIpc) is 2.78. The van der Waals surface area contributed by atoms with Gasteiger partial charge in [-0.15, -0.1) is 11.3 Å². The Hall–Kier alpha value is -0.940. The number of nitrogens with zero attached hydrogens (tertiary/aromatic N) is 1. The standard InChI is InChI=1S/C10H13NO3S/c1-13-10(12)8-6-15-9(11-8)7-3-2-4-14-5-7/h6-7H,2-5H2,1H3. The highest BCUT2D eigenvalue weighted by molar-refractivity contribution is 7.09. The van der Waals surface area contributed by atoms with Gasteiger partial charge >= 0.3 is 5.97 Å². The summed E-state index contributed by atoms with van der Waals surface area (Å²) >= 11 is 1.51. The number of thiazole rings is 1. The molecule has 1 aromatic heterocycles. The molecule has 1 aliphatic heterocycles. The first-order valence-electron chi connectivity index (χ1n) is 4.92. The number of hydrogen-bond acceptors (Lipinski definition) is 5. The maximum absolute atomic E-state index is 11.2. The molecule has 0 radical (unpaired) electrons. The SMILES string of the molecule is COC(=O)c1csc(C2CCCOC2)n1.